The number of nitrogens with zero attached hydrogens (tertiary/aromatic N) is 2. The molecule has 0 bridgehead atoms. The Morgan fingerprint density at radius 2 is 2.00 bits per heavy atom. The van der Waals surface area contributed by atoms with Crippen LogP contribution < -0.4 is 5.32 Å². The van der Waals surface area contributed by atoms with E-state index in [2.05, 4.69) is 10.3 Å². The molecule has 0 saturated heterocycles. The largest absolute Gasteiger partial charge is 0.302 e. The first kappa shape index (κ1) is 16.6. The second-order valence-electron chi connectivity index (χ2n) is 4.90. The van der Waals surface area contributed by atoms with E-state index < -0.39 is 4.92 Å². The van der Waals surface area contributed by atoms with Crippen LogP contribution in [0, 0.1) is 10.1 Å². The van der Waals surface area contributed by atoms with E-state index in [1.807, 2.05) is 0 Å². The Labute approximate surface area is 150 Å². The summed E-state index contributed by atoms with van der Waals surface area (Å²) in [7, 11) is 0. The number of amides is 1. The van der Waals surface area contributed by atoms with Gasteiger partial charge in [-0.05, 0) is 23.8 Å². The molecular formula is C15H9Cl2N3O3S. The van der Waals surface area contributed by atoms with E-state index in [1.165, 1.54) is 23.5 Å². The van der Waals surface area contributed by atoms with Gasteiger partial charge in [0, 0.05) is 12.1 Å². The molecule has 3 rings (SSSR count). The molecule has 6 nitrogen and oxygen atoms in total. The lowest BCUT2D eigenvalue weighted by Crippen LogP contribution is -2.14. The van der Waals surface area contributed by atoms with Crippen molar-refractivity contribution in [3.8, 4) is 0 Å². The van der Waals surface area contributed by atoms with Crippen molar-refractivity contribution >= 4 is 61.5 Å². The summed E-state index contributed by atoms with van der Waals surface area (Å²) in [5, 5.41) is 14.7. The Bertz CT molecular complexity index is 958. The molecule has 0 spiro atoms. The van der Waals surface area contributed by atoms with Crippen LogP contribution in [0.15, 0.2) is 36.4 Å². The first-order valence-electron chi connectivity index (χ1n) is 6.71. The van der Waals surface area contributed by atoms with E-state index in [1.54, 1.807) is 24.3 Å². The molecular weight excluding hydrogens is 373 g/mol. The fourth-order valence-electron chi connectivity index (χ4n) is 2.08. The van der Waals surface area contributed by atoms with Crippen molar-refractivity contribution in [3.63, 3.8) is 0 Å². The van der Waals surface area contributed by atoms with Crippen molar-refractivity contribution < 1.29 is 9.72 Å². The molecule has 0 aliphatic carbocycles. The van der Waals surface area contributed by atoms with Crippen LogP contribution in [0.1, 0.15) is 5.56 Å². The zero-order valence-electron chi connectivity index (χ0n) is 12.0. The topological polar surface area (TPSA) is 85.1 Å². The maximum Gasteiger partial charge on any atom is 0.270 e. The Balaban J connectivity index is 1.75. The van der Waals surface area contributed by atoms with Crippen molar-refractivity contribution in [2.45, 2.75) is 6.42 Å². The number of nitrogens with one attached hydrogen (secondary N) is 1. The zero-order valence-corrected chi connectivity index (χ0v) is 14.3. The minimum atomic E-state index is -0.471. The summed E-state index contributed by atoms with van der Waals surface area (Å²) in [6, 6.07) is 9.34. The predicted octanol–water partition coefficient (Wildman–Crippen LogP) is 4.69. The molecule has 9 heteroatoms. The molecule has 122 valence electrons. The number of carbonyl (C=O) groups excluding carboxylic acids is 1. The number of hydrogen-bond acceptors (Lipinski definition) is 5. The summed E-state index contributed by atoms with van der Waals surface area (Å²) in [5.41, 5.74) is 1.30. The maximum atomic E-state index is 12.1. The maximum absolute atomic E-state index is 12.1. The number of halogens is 2. The van der Waals surface area contributed by atoms with Gasteiger partial charge in [0.15, 0.2) is 5.13 Å². The number of aromatic nitrogens is 1. The summed E-state index contributed by atoms with van der Waals surface area (Å²) >= 11 is 12.9. The molecule has 0 unspecified atom stereocenters. The Morgan fingerprint density at radius 1 is 1.21 bits per heavy atom. The fourth-order valence-corrected chi connectivity index (χ4v) is 3.31. The second kappa shape index (κ2) is 6.72. The van der Waals surface area contributed by atoms with Crippen LogP contribution in [-0.2, 0) is 11.2 Å². The van der Waals surface area contributed by atoms with Crippen molar-refractivity contribution in [2.24, 2.45) is 0 Å². The molecule has 0 aliphatic heterocycles. The molecule has 0 radical (unpaired) electrons. The molecule has 2 aromatic carbocycles. The lowest BCUT2D eigenvalue weighted by atomic mass is 10.1. The molecule has 0 aliphatic rings. The van der Waals surface area contributed by atoms with Crippen LogP contribution in [0.3, 0.4) is 0 Å². The first-order chi connectivity index (χ1) is 11.4. The molecule has 1 amide bonds. The summed E-state index contributed by atoms with van der Waals surface area (Å²) in [6.07, 6.45) is 0.118. The molecule has 3 aromatic rings. The van der Waals surface area contributed by atoms with Gasteiger partial charge in [0.1, 0.15) is 0 Å². The summed E-state index contributed by atoms with van der Waals surface area (Å²) < 4.78 is 0.633. The van der Waals surface area contributed by atoms with E-state index >= 15 is 0 Å². The van der Waals surface area contributed by atoms with Crippen LogP contribution in [-0.4, -0.2) is 15.8 Å². The van der Waals surface area contributed by atoms with Crippen molar-refractivity contribution in [3.05, 3.63) is 62.1 Å². The van der Waals surface area contributed by atoms with Gasteiger partial charge in [-0.2, -0.15) is 0 Å². The smallest absolute Gasteiger partial charge is 0.270 e. The summed E-state index contributed by atoms with van der Waals surface area (Å²) in [4.78, 5) is 26.7. The van der Waals surface area contributed by atoms with Gasteiger partial charge in [0.2, 0.25) is 5.91 Å². The van der Waals surface area contributed by atoms with Crippen molar-refractivity contribution in [1.29, 1.82) is 0 Å². The highest BCUT2D eigenvalue weighted by atomic mass is 35.5. The number of non-ortho nitro benzene ring substituents is 1. The van der Waals surface area contributed by atoms with E-state index in [-0.39, 0.29) is 18.0 Å². The minimum Gasteiger partial charge on any atom is -0.302 e. The van der Waals surface area contributed by atoms with Gasteiger partial charge in [-0.1, -0.05) is 40.6 Å². The highest BCUT2D eigenvalue weighted by molar-refractivity contribution is 7.22. The molecule has 1 aromatic heterocycles. The van der Waals surface area contributed by atoms with Gasteiger partial charge in [-0.15, -0.1) is 0 Å². The van der Waals surface area contributed by atoms with E-state index in [4.69, 9.17) is 23.2 Å². The Hall–Kier alpha value is -2.22. The number of benzene rings is 2. The number of hydrogen-bond donors (Lipinski definition) is 1. The SMILES string of the molecule is O=C(Cc1ccc(Cl)c(Cl)c1)Nc1nc2ccc([N+](=O)[O-])cc2s1. The highest BCUT2D eigenvalue weighted by Gasteiger charge is 2.12. The Kier molecular flexibility index (Phi) is 4.66. The number of anilines is 1. The monoisotopic (exact) mass is 381 g/mol. The van der Waals surface area contributed by atoms with Gasteiger partial charge >= 0.3 is 0 Å². The molecule has 0 fully saturated rings. The van der Waals surface area contributed by atoms with Gasteiger partial charge < -0.3 is 5.32 Å². The second-order valence-corrected chi connectivity index (χ2v) is 6.75. The number of carbonyl (C=O) groups is 1. The number of rotatable bonds is 4. The van der Waals surface area contributed by atoms with Crippen LogP contribution in [0.2, 0.25) is 10.0 Å². The van der Waals surface area contributed by atoms with Crippen LogP contribution in [0.4, 0.5) is 10.8 Å². The van der Waals surface area contributed by atoms with Crippen LogP contribution in [0.5, 0.6) is 0 Å². The van der Waals surface area contributed by atoms with Gasteiger partial charge in [0.25, 0.3) is 5.69 Å². The lowest BCUT2D eigenvalue weighted by molar-refractivity contribution is -0.384. The van der Waals surface area contributed by atoms with Crippen LogP contribution >= 0.6 is 34.5 Å². The summed E-state index contributed by atoms with van der Waals surface area (Å²) in [6.45, 7) is 0. The zero-order chi connectivity index (χ0) is 17.3. The van der Waals surface area contributed by atoms with Gasteiger partial charge in [-0.25, -0.2) is 4.98 Å². The number of nitro benzene ring substituents is 1. The van der Waals surface area contributed by atoms with Crippen LogP contribution in [0.25, 0.3) is 10.2 Å². The normalized spacial score (nSPS) is 10.8. The fraction of sp³-hybridized carbons (Fsp3) is 0.0667. The van der Waals surface area contributed by atoms with Crippen molar-refractivity contribution in [2.75, 3.05) is 5.32 Å². The molecule has 0 atom stereocenters. The molecule has 0 saturated carbocycles. The lowest BCUT2D eigenvalue weighted by Gasteiger charge is -2.03. The number of nitro groups is 1. The van der Waals surface area contributed by atoms with E-state index in [0.29, 0.717) is 25.4 Å². The molecule has 1 N–H and O–H groups in total. The predicted molar refractivity (Wildman–Crippen MR) is 95.1 cm³/mol. The first-order valence-corrected chi connectivity index (χ1v) is 8.28. The summed E-state index contributed by atoms with van der Waals surface area (Å²) in [5.74, 6) is -0.262. The third kappa shape index (κ3) is 3.64. The van der Waals surface area contributed by atoms with Gasteiger partial charge in [0.05, 0.1) is 31.6 Å². The minimum absolute atomic E-state index is 0.0140. The van der Waals surface area contributed by atoms with E-state index in [0.717, 1.165) is 5.56 Å². The third-order valence-electron chi connectivity index (χ3n) is 3.18. The molecule has 24 heavy (non-hydrogen) atoms. The molecule has 1 heterocycles. The third-order valence-corrected chi connectivity index (χ3v) is 4.85. The average Bonchev–Trinajstić information content (AvgIpc) is 2.91. The standard InChI is InChI=1S/C15H9Cl2N3O3S/c16-10-3-1-8(5-11(10)17)6-14(21)19-15-18-12-4-2-9(20(22)23)7-13(12)24-15/h1-5,7H,6H2,(H,18,19,21). The van der Waals surface area contributed by atoms with Crippen molar-refractivity contribution in [1.82, 2.24) is 4.98 Å². The number of thiazole rings is 1. The van der Waals surface area contributed by atoms with E-state index in [9.17, 15) is 14.9 Å². The van der Waals surface area contributed by atoms with Gasteiger partial charge in [-0.3, -0.25) is 14.9 Å². The highest BCUT2D eigenvalue weighted by Crippen LogP contribution is 2.29. The Morgan fingerprint density at radius 3 is 2.71 bits per heavy atom. The average molecular weight is 382 g/mol. The number of fused-ring (bicyclic) bond motifs is 1. The quantitative estimate of drug-likeness (QED) is 0.524.